The van der Waals surface area contributed by atoms with Crippen LogP contribution in [-0.2, 0) is 0 Å². The van der Waals surface area contributed by atoms with Crippen molar-refractivity contribution in [2.45, 2.75) is 32.9 Å². The van der Waals surface area contributed by atoms with Crippen LogP contribution in [0.1, 0.15) is 42.7 Å². The largest absolute Gasteiger partial charge is 0.386 e. The Hall–Kier alpha value is -1.67. The van der Waals surface area contributed by atoms with Gasteiger partial charge in [-0.2, -0.15) is 0 Å². The molecule has 0 amide bonds. The lowest BCUT2D eigenvalue weighted by atomic mass is 10.0. The third-order valence-electron chi connectivity index (χ3n) is 4.04. The lowest BCUT2D eigenvalue weighted by Crippen LogP contribution is -2.39. The van der Waals surface area contributed by atoms with Gasteiger partial charge in [-0.05, 0) is 38.0 Å². The fourth-order valence-electron chi connectivity index (χ4n) is 2.70. The highest BCUT2D eigenvalue weighted by molar-refractivity contribution is 14.0. The van der Waals surface area contributed by atoms with Crippen LogP contribution in [-0.4, -0.2) is 24.2 Å². The number of rotatable bonds is 6. The van der Waals surface area contributed by atoms with Crippen molar-refractivity contribution in [3.05, 3.63) is 71.0 Å². The van der Waals surface area contributed by atoms with Gasteiger partial charge in [-0.1, -0.05) is 42.5 Å². The van der Waals surface area contributed by atoms with Crippen LogP contribution >= 0.6 is 24.0 Å². The van der Waals surface area contributed by atoms with E-state index < -0.39 is 11.9 Å². The van der Waals surface area contributed by atoms with E-state index in [1.54, 1.807) is 18.2 Å². The van der Waals surface area contributed by atoms with Gasteiger partial charge >= 0.3 is 0 Å². The fourth-order valence-corrected chi connectivity index (χ4v) is 2.70. The third kappa shape index (κ3) is 6.25. The van der Waals surface area contributed by atoms with Gasteiger partial charge in [0.05, 0.1) is 12.6 Å². The van der Waals surface area contributed by atoms with E-state index in [4.69, 9.17) is 0 Å². The molecule has 0 radical (unpaired) electrons. The molecule has 0 spiro atoms. The van der Waals surface area contributed by atoms with Gasteiger partial charge in [-0.15, -0.1) is 24.0 Å². The summed E-state index contributed by atoms with van der Waals surface area (Å²) in [6.07, 6.45) is -0.981. The van der Waals surface area contributed by atoms with Crippen molar-refractivity contribution >= 4 is 29.9 Å². The highest BCUT2D eigenvalue weighted by atomic mass is 127. The quantitative estimate of drug-likeness (QED) is 0.338. The average Bonchev–Trinajstić information content (AvgIpc) is 2.60. The number of benzene rings is 2. The molecule has 0 bridgehead atoms. The molecule has 0 aromatic heterocycles. The first-order valence-corrected chi connectivity index (χ1v) is 8.55. The summed E-state index contributed by atoms with van der Waals surface area (Å²) in [7, 11) is 0. The molecule has 0 aliphatic rings. The molecule has 142 valence electrons. The summed E-state index contributed by atoms with van der Waals surface area (Å²) >= 11 is 0. The van der Waals surface area contributed by atoms with Crippen LogP contribution in [0, 0.1) is 12.7 Å². The van der Waals surface area contributed by atoms with Crippen molar-refractivity contribution in [3.63, 3.8) is 0 Å². The molecular weight excluding hydrogens is 444 g/mol. The lowest BCUT2D eigenvalue weighted by Gasteiger charge is -2.20. The molecule has 0 heterocycles. The van der Waals surface area contributed by atoms with Crippen LogP contribution in [0.5, 0.6) is 0 Å². The smallest absolute Gasteiger partial charge is 0.191 e. The average molecular weight is 471 g/mol. The predicted molar refractivity (Wildman–Crippen MR) is 115 cm³/mol. The fraction of sp³-hybridized carbons (Fsp3) is 0.350. The number of hydrogen-bond donors (Lipinski definition) is 3. The molecule has 2 rings (SSSR count). The van der Waals surface area contributed by atoms with Crippen LogP contribution in [0.25, 0.3) is 0 Å². The van der Waals surface area contributed by atoms with Gasteiger partial charge in [0.15, 0.2) is 5.96 Å². The van der Waals surface area contributed by atoms with Crippen molar-refractivity contribution in [2.75, 3.05) is 13.1 Å². The zero-order valence-electron chi connectivity index (χ0n) is 15.4. The van der Waals surface area contributed by atoms with Crippen molar-refractivity contribution < 1.29 is 9.50 Å². The topological polar surface area (TPSA) is 56.7 Å². The minimum atomic E-state index is -0.981. The number of aliphatic hydroxyl groups excluding tert-OH is 1. The van der Waals surface area contributed by atoms with E-state index in [1.807, 2.05) is 19.1 Å². The Bertz CT molecular complexity index is 724. The first-order chi connectivity index (χ1) is 12.0. The Labute approximate surface area is 172 Å². The van der Waals surface area contributed by atoms with Crippen molar-refractivity contribution in [1.29, 1.82) is 0 Å². The van der Waals surface area contributed by atoms with E-state index in [9.17, 15) is 9.50 Å². The SMILES string of the molecule is CCNC(=NCC(O)c1ccccc1F)NC(C)c1ccccc1C.I. The summed E-state index contributed by atoms with van der Waals surface area (Å²) in [6, 6.07) is 14.4. The lowest BCUT2D eigenvalue weighted by molar-refractivity contribution is 0.182. The number of aliphatic imine (C=N–C) groups is 1. The number of nitrogens with zero attached hydrogens (tertiary/aromatic N) is 1. The first kappa shape index (κ1) is 22.4. The molecular formula is C20H27FIN3O. The van der Waals surface area contributed by atoms with Gasteiger partial charge in [0.1, 0.15) is 11.9 Å². The number of nitrogens with one attached hydrogen (secondary N) is 2. The molecule has 0 fully saturated rings. The van der Waals surface area contributed by atoms with E-state index in [2.05, 4.69) is 41.6 Å². The molecule has 0 aliphatic heterocycles. The molecule has 0 aliphatic carbocycles. The number of hydrogen-bond acceptors (Lipinski definition) is 2. The molecule has 26 heavy (non-hydrogen) atoms. The minimum absolute atomic E-state index is 0. The van der Waals surface area contributed by atoms with Gasteiger partial charge in [-0.3, -0.25) is 4.99 Å². The zero-order valence-corrected chi connectivity index (χ0v) is 17.7. The predicted octanol–water partition coefficient (Wildman–Crippen LogP) is 4.10. The maximum absolute atomic E-state index is 13.7. The summed E-state index contributed by atoms with van der Waals surface area (Å²) < 4.78 is 13.7. The molecule has 0 saturated heterocycles. The number of aliphatic hydroxyl groups is 1. The summed E-state index contributed by atoms with van der Waals surface area (Å²) in [5.41, 5.74) is 2.64. The second-order valence-corrected chi connectivity index (χ2v) is 5.98. The van der Waals surface area contributed by atoms with Gasteiger partial charge in [0, 0.05) is 12.1 Å². The van der Waals surface area contributed by atoms with Gasteiger partial charge in [-0.25, -0.2) is 4.39 Å². The first-order valence-electron chi connectivity index (χ1n) is 8.55. The second kappa shape index (κ2) is 11.1. The Kier molecular flexibility index (Phi) is 9.58. The monoisotopic (exact) mass is 471 g/mol. The highest BCUT2D eigenvalue weighted by Gasteiger charge is 2.13. The van der Waals surface area contributed by atoms with Crippen molar-refractivity contribution in [1.82, 2.24) is 10.6 Å². The van der Waals surface area contributed by atoms with Crippen LogP contribution in [0.2, 0.25) is 0 Å². The van der Waals surface area contributed by atoms with E-state index in [0.29, 0.717) is 12.5 Å². The molecule has 2 atom stereocenters. The summed E-state index contributed by atoms with van der Waals surface area (Å²) in [5.74, 6) is 0.171. The van der Waals surface area contributed by atoms with Crippen LogP contribution in [0.15, 0.2) is 53.5 Å². The van der Waals surface area contributed by atoms with Crippen LogP contribution in [0.4, 0.5) is 4.39 Å². The molecule has 4 nitrogen and oxygen atoms in total. The van der Waals surface area contributed by atoms with E-state index >= 15 is 0 Å². The normalized spacial score (nSPS) is 13.5. The van der Waals surface area contributed by atoms with E-state index in [1.165, 1.54) is 17.2 Å². The Morgan fingerprint density at radius 3 is 2.35 bits per heavy atom. The Balaban J connectivity index is 0.00000338. The van der Waals surface area contributed by atoms with Crippen LogP contribution in [0.3, 0.4) is 0 Å². The summed E-state index contributed by atoms with van der Waals surface area (Å²) in [6.45, 7) is 6.88. The molecule has 0 saturated carbocycles. The third-order valence-corrected chi connectivity index (χ3v) is 4.04. The highest BCUT2D eigenvalue weighted by Crippen LogP contribution is 2.18. The molecule has 6 heteroatoms. The number of aryl methyl sites for hydroxylation is 1. The number of guanidine groups is 1. The molecule has 2 unspecified atom stereocenters. The second-order valence-electron chi connectivity index (χ2n) is 5.98. The number of halogens is 2. The van der Waals surface area contributed by atoms with Crippen LogP contribution < -0.4 is 10.6 Å². The van der Waals surface area contributed by atoms with E-state index in [-0.39, 0.29) is 42.1 Å². The Morgan fingerprint density at radius 2 is 1.73 bits per heavy atom. The standard InChI is InChI=1S/C20H26FN3O.HI/c1-4-22-20(24-15(3)16-10-6-5-9-14(16)2)23-13-19(25)17-11-7-8-12-18(17)21;/h5-12,15,19,25H,4,13H2,1-3H3,(H2,22,23,24);1H. The van der Waals surface area contributed by atoms with Gasteiger partial charge in [0.25, 0.3) is 0 Å². The van der Waals surface area contributed by atoms with Gasteiger partial charge < -0.3 is 15.7 Å². The summed E-state index contributed by atoms with van der Waals surface area (Å²) in [5, 5.41) is 16.7. The molecule has 2 aromatic rings. The maximum Gasteiger partial charge on any atom is 0.191 e. The summed E-state index contributed by atoms with van der Waals surface area (Å²) in [4.78, 5) is 4.40. The molecule has 3 N–H and O–H groups in total. The van der Waals surface area contributed by atoms with E-state index in [0.717, 1.165) is 0 Å². The zero-order chi connectivity index (χ0) is 18.2. The molecule has 2 aromatic carbocycles. The van der Waals surface area contributed by atoms with Gasteiger partial charge in [0.2, 0.25) is 0 Å². The Morgan fingerprint density at radius 1 is 1.12 bits per heavy atom. The van der Waals surface area contributed by atoms with Crippen molar-refractivity contribution in [2.24, 2.45) is 4.99 Å². The minimum Gasteiger partial charge on any atom is -0.386 e. The van der Waals surface area contributed by atoms with Crippen molar-refractivity contribution in [3.8, 4) is 0 Å². The maximum atomic E-state index is 13.7.